The Morgan fingerprint density at radius 3 is 0.750 bits per heavy atom. The van der Waals surface area contributed by atoms with Crippen molar-refractivity contribution in [2.24, 2.45) is 0 Å². The first kappa shape index (κ1) is 50.4. The van der Waals surface area contributed by atoms with E-state index < -0.39 is 0 Å². The van der Waals surface area contributed by atoms with Gasteiger partial charge in [-0.3, -0.25) is 0 Å². The van der Waals surface area contributed by atoms with E-state index >= 15 is 0 Å². The number of halogens is 6. The molecule has 0 aliphatic rings. The van der Waals surface area contributed by atoms with Gasteiger partial charge in [-0.15, -0.1) is 74.4 Å². The number of unbranched alkanes of at least 4 members (excludes halogenated alkanes) is 4. The number of nitrogens with one attached hydrogen (secondary N) is 5. The minimum absolute atomic E-state index is 0. The first-order chi connectivity index (χ1) is 12.9. The van der Waals surface area contributed by atoms with Crippen LogP contribution in [0.1, 0.15) is 71.6 Å². The zero-order valence-electron chi connectivity index (χ0n) is 20.4. The lowest BCUT2D eigenvalue weighted by Gasteiger charge is -2.07. The van der Waals surface area contributed by atoms with E-state index in [0.717, 1.165) is 19.6 Å². The molecule has 0 bridgehead atoms. The van der Waals surface area contributed by atoms with Gasteiger partial charge in [0.25, 0.3) is 0 Å². The Bertz CT molecular complexity index is 237. The van der Waals surface area contributed by atoms with E-state index in [9.17, 15) is 0 Å². The lowest BCUT2D eigenvalue weighted by atomic mass is 10.2. The predicted molar refractivity (Wildman–Crippen MR) is 161 cm³/mol. The van der Waals surface area contributed by atoms with Gasteiger partial charge in [0, 0.05) is 0 Å². The van der Waals surface area contributed by atoms with Gasteiger partial charge < -0.3 is 26.6 Å². The van der Waals surface area contributed by atoms with Crippen LogP contribution in [0.5, 0.6) is 0 Å². The third-order valence-electron chi connectivity index (χ3n) is 4.51. The summed E-state index contributed by atoms with van der Waals surface area (Å²) in [7, 11) is 0. The van der Waals surface area contributed by atoms with Crippen LogP contribution in [0.4, 0.5) is 0 Å². The summed E-state index contributed by atoms with van der Waals surface area (Å²) >= 11 is 0. The largest absolute Gasteiger partial charge is 0.317 e. The van der Waals surface area contributed by atoms with Gasteiger partial charge in [0.15, 0.2) is 0 Å². The molecule has 11 heteroatoms. The van der Waals surface area contributed by atoms with Crippen molar-refractivity contribution < 1.29 is 0 Å². The summed E-state index contributed by atoms with van der Waals surface area (Å²) < 4.78 is 0. The van der Waals surface area contributed by atoms with Crippen LogP contribution in [0.15, 0.2) is 0 Å². The zero-order chi connectivity index (χ0) is 19.0. The molecule has 206 valence electrons. The molecule has 0 rings (SSSR count). The minimum atomic E-state index is 0. The van der Waals surface area contributed by atoms with Crippen LogP contribution in [-0.2, 0) is 0 Å². The molecule has 32 heavy (non-hydrogen) atoms. The van der Waals surface area contributed by atoms with E-state index in [4.69, 9.17) is 0 Å². The van der Waals surface area contributed by atoms with Gasteiger partial charge in [-0.25, -0.2) is 0 Å². The molecule has 0 heterocycles. The lowest BCUT2D eigenvalue weighted by Crippen LogP contribution is -2.23. The fraction of sp³-hybridized carbons (Fsp3) is 1.00. The molecule has 5 nitrogen and oxygen atoms in total. The number of hydrogen-bond acceptors (Lipinski definition) is 5. The van der Waals surface area contributed by atoms with E-state index in [0.29, 0.717) is 0 Å². The summed E-state index contributed by atoms with van der Waals surface area (Å²) in [6, 6.07) is 0. The monoisotopic (exact) mass is 587 g/mol. The van der Waals surface area contributed by atoms with Gasteiger partial charge in [-0.05, 0) is 123 Å². The molecule has 0 spiro atoms. The highest BCUT2D eigenvalue weighted by Gasteiger charge is 1.93. The molecule has 0 radical (unpaired) electrons. The van der Waals surface area contributed by atoms with E-state index in [2.05, 4.69) is 40.4 Å². The maximum Gasteiger partial charge on any atom is -0.00484 e. The van der Waals surface area contributed by atoms with E-state index in [-0.39, 0.29) is 74.4 Å². The van der Waals surface area contributed by atoms with Crippen LogP contribution in [0, 0.1) is 0 Å². The highest BCUT2D eigenvalue weighted by molar-refractivity contribution is 5.86. The molecule has 0 aliphatic carbocycles. The van der Waals surface area contributed by atoms with Gasteiger partial charge >= 0.3 is 0 Å². The van der Waals surface area contributed by atoms with Crippen molar-refractivity contribution in [3.8, 4) is 0 Å². The van der Waals surface area contributed by atoms with Gasteiger partial charge in [-0.2, -0.15) is 0 Å². The average molecular weight is 590 g/mol. The van der Waals surface area contributed by atoms with E-state index in [1.54, 1.807) is 0 Å². The molecule has 0 aromatic rings. The average Bonchev–Trinajstić information content (AvgIpc) is 2.66. The summed E-state index contributed by atoms with van der Waals surface area (Å²) in [5.74, 6) is 0. The summed E-state index contributed by atoms with van der Waals surface area (Å²) in [6.45, 7) is 16.0. The third-order valence-corrected chi connectivity index (χ3v) is 4.51. The van der Waals surface area contributed by atoms with Gasteiger partial charge in [0.2, 0.25) is 0 Å². The zero-order valence-corrected chi connectivity index (χ0v) is 25.3. The molecule has 0 aromatic heterocycles. The molecular formula is C21H55Cl6N5. The quantitative estimate of drug-likeness (QED) is 0.108. The van der Waals surface area contributed by atoms with Gasteiger partial charge in [0.1, 0.15) is 0 Å². The highest BCUT2D eigenvalue weighted by Crippen LogP contribution is 1.90. The fourth-order valence-electron chi connectivity index (χ4n) is 2.85. The second-order valence-corrected chi connectivity index (χ2v) is 7.18. The molecule has 0 atom stereocenters. The molecule has 0 aliphatic heterocycles. The lowest BCUT2D eigenvalue weighted by molar-refractivity contribution is 0.536. The summed E-state index contributed by atoms with van der Waals surface area (Å²) in [5, 5.41) is 17.5. The van der Waals surface area contributed by atoms with Crippen molar-refractivity contribution >= 4 is 74.4 Å². The van der Waals surface area contributed by atoms with Crippen molar-refractivity contribution in [2.75, 3.05) is 65.4 Å². The molecule has 0 aromatic carbocycles. The minimum Gasteiger partial charge on any atom is -0.317 e. The van der Waals surface area contributed by atoms with Crippen molar-refractivity contribution in [3.63, 3.8) is 0 Å². The van der Waals surface area contributed by atoms with Crippen LogP contribution in [0.3, 0.4) is 0 Å². The summed E-state index contributed by atoms with van der Waals surface area (Å²) in [5.41, 5.74) is 0. The highest BCUT2D eigenvalue weighted by atomic mass is 35.5. The SMILES string of the molecule is CCCNCCCCNCCCCNCCCCNCCCCNCC.Cl.Cl.Cl.Cl.Cl.Cl. The molecule has 0 fully saturated rings. The number of rotatable bonds is 23. The smallest absolute Gasteiger partial charge is 0.00484 e. The van der Waals surface area contributed by atoms with Crippen LogP contribution >= 0.6 is 74.4 Å². The normalized spacial score (nSPS) is 9.19. The van der Waals surface area contributed by atoms with Crippen molar-refractivity contribution in [3.05, 3.63) is 0 Å². The Balaban J connectivity index is -0.000000208. The van der Waals surface area contributed by atoms with Gasteiger partial charge in [0.05, 0.1) is 0 Å². The molecular weight excluding hydrogens is 535 g/mol. The Labute approximate surface area is 237 Å². The van der Waals surface area contributed by atoms with Crippen LogP contribution < -0.4 is 26.6 Å². The molecule has 0 amide bonds. The maximum atomic E-state index is 3.57. The first-order valence-electron chi connectivity index (χ1n) is 11.4. The number of hydrogen-bond donors (Lipinski definition) is 5. The van der Waals surface area contributed by atoms with Crippen molar-refractivity contribution in [1.82, 2.24) is 26.6 Å². The van der Waals surface area contributed by atoms with Crippen LogP contribution in [-0.4, -0.2) is 65.4 Å². The summed E-state index contributed by atoms with van der Waals surface area (Å²) in [4.78, 5) is 0. The Hall–Kier alpha value is 1.54. The summed E-state index contributed by atoms with van der Waals surface area (Å²) in [6.07, 6.45) is 11.5. The Kier molecular flexibility index (Phi) is 78.2. The van der Waals surface area contributed by atoms with Crippen LogP contribution in [0.2, 0.25) is 0 Å². The second kappa shape index (κ2) is 49.6. The molecule has 0 unspecified atom stereocenters. The van der Waals surface area contributed by atoms with Crippen LogP contribution in [0.25, 0.3) is 0 Å². The maximum absolute atomic E-state index is 3.57. The molecule has 5 N–H and O–H groups in total. The third kappa shape index (κ3) is 48.8. The first-order valence-corrected chi connectivity index (χ1v) is 11.4. The second-order valence-electron chi connectivity index (χ2n) is 7.18. The van der Waals surface area contributed by atoms with Gasteiger partial charge in [-0.1, -0.05) is 13.8 Å². The van der Waals surface area contributed by atoms with Crippen molar-refractivity contribution in [1.29, 1.82) is 0 Å². The molecule has 0 saturated heterocycles. The fourth-order valence-corrected chi connectivity index (χ4v) is 2.85. The topological polar surface area (TPSA) is 60.1 Å². The molecule has 0 saturated carbocycles. The van der Waals surface area contributed by atoms with Crippen molar-refractivity contribution in [2.45, 2.75) is 71.6 Å². The Morgan fingerprint density at radius 1 is 0.312 bits per heavy atom. The van der Waals surface area contributed by atoms with E-state index in [1.807, 2.05) is 0 Å². The van der Waals surface area contributed by atoms with E-state index in [1.165, 1.54) is 104 Å². The predicted octanol–water partition coefficient (Wildman–Crippen LogP) is 5.02. The Morgan fingerprint density at radius 2 is 0.531 bits per heavy atom. The standard InChI is InChI=1S/C21H49N5.6ClH/c1-3-13-23-15-7-8-17-25-19-11-12-21-26-20-10-9-18-24-16-6-5-14-22-4-2;;;;;;/h22-26H,3-21H2,1-2H3;6*1H.